The maximum atomic E-state index is 5.86. The van der Waals surface area contributed by atoms with E-state index in [1.165, 1.54) is 16.7 Å². The lowest BCUT2D eigenvalue weighted by molar-refractivity contribution is 0.340. The van der Waals surface area contributed by atoms with Gasteiger partial charge in [-0.05, 0) is 48.6 Å². The zero-order valence-corrected chi connectivity index (χ0v) is 12.4. The molecule has 21 heavy (non-hydrogen) atoms. The van der Waals surface area contributed by atoms with Crippen molar-refractivity contribution in [3.05, 3.63) is 65.2 Å². The van der Waals surface area contributed by atoms with Gasteiger partial charge < -0.3 is 4.74 Å². The number of hydrazine groups is 1. The molecule has 0 spiro atoms. The van der Waals surface area contributed by atoms with E-state index in [0.29, 0.717) is 12.5 Å². The highest BCUT2D eigenvalue weighted by Crippen LogP contribution is 2.41. The monoisotopic (exact) mass is 282 g/mol. The summed E-state index contributed by atoms with van der Waals surface area (Å²) in [6.07, 6.45) is 2.28. The Hall–Kier alpha value is -1.84. The largest absolute Gasteiger partial charge is 0.494 e. The highest BCUT2D eigenvalue weighted by atomic mass is 16.5. The maximum absolute atomic E-state index is 5.86. The van der Waals surface area contributed by atoms with Crippen LogP contribution in [-0.2, 0) is 6.42 Å². The number of hydrogen-bond acceptors (Lipinski definition) is 3. The second kappa shape index (κ2) is 6.29. The standard InChI is InChI=1S/C18H22N2O/c1-2-21-15-10-7-14(8-11-15)18(20-19)17-12-9-13-5-3-4-6-16(13)17/h3-8,10-11,17-18,20H,2,9,12,19H2,1H3. The molecule has 1 aliphatic carbocycles. The molecule has 0 bridgehead atoms. The average Bonchev–Trinajstić information content (AvgIpc) is 2.94. The van der Waals surface area contributed by atoms with Crippen LogP contribution >= 0.6 is 0 Å². The van der Waals surface area contributed by atoms with E-state index in [2.05, 4.69) is 41.8 Å². The van der Waals surface area contributed by atoms with Crippen molar-refractivity contribution in [2.75, 3.05) is 6.61 Å². The van der Waals surface area contributed by atoms with Crippen molar-refractivity contribution >= 4 is 0 Å². The van der Waals surface area contributed by atoms with Gasteiger partial charge in [0.15, 0.2) is 0 Å². The lowest BCUT2D eigenvalue weighted by Crippen LogP contribution is -2.32. The molecule has 0 radical (unpaired) electrons. The van der Waals surface area contributed by atoms with Gasteiger partial charge in [0.1, 0.15) is 5.75 Å². The molecule has 0 saturated heterocycles. The van der Waals surface area contributed by atoms with Crippen LogP contribution in [0.1, 0.15) is 42.0 Å². The smallest absolute Gasteiger partial charge is 0.119 e. The molecule has 3 rings (SSSR count). The number of benzene rings is 2. The van der Waals surface area contributed by atoms with E-state index in [9.17, 15) is 0 Å². The summed E-state index contributed by atoms with van der Waals surface area (Å²) < 4.78 is 5.50. The van der Waals surface area contributed by atoms with E-state index in [0.717, 1.165) is 18.6 Å². The first-order chi connectivity index (χ1) is 10.3. The number of nitrogens with one attached hydrogen (secondary N) is 1. The van der Waals surface area contributed by atoms with Gasteiger partial charge in [-0.1, -0.05) is 36.4 Å². The van der Waals surface area contributed by atoms with Gasteiger partial charge in [-0.2, -0.15) is 0 Å². The van der Waals surface area contributed by atoms with E-state index in [-0.39, 0.29) is 6.04 Å². The van der Waals surface area contributed by atoms with Gasteiger partial charge in [-0.3, -0.25) is 11.3 Å². The van der Waals surface area contributed by atoms with Gasteiger partial charge >= 0.3 is 0 Å². The molecule has 0 amide bonds. The third kappa shape index (κ3) is 2.80. The van der Waals surface area contributed by atoms with Crippen molar-refractivity contribution in [2.45, 2.75) is 31.7 Å². The molecule has 3 N–H and O–H groups in total. The lowest BCUT2D eigenvalue weighted by atomic mass is 9.88. The number of nitrogens with two attached hydrogens (primary N) is 1. The molecule has 0 heterocycles. The summed E-state index contributed by atoms with van der Waals surface area (Å²) in [7, 11) is 0. The first-order valence-electron chi connectivity index (χ1n) is 7.60. The molecule has 3 heteroatoms. The summed E-state index contributed by atoms with van der Waals surface area (Å²) >= 11 is 0. The van der Waals surface area contributed by atoms with Crippen LogP contribution < -0.4 is 16.0 Å². The molecule has 0 saturated carbocycles. The summed E-state index contributed by atoms with van der Waals surface area (Å²) in [6.45, 7) is 2.68. The van der Waals surface area contributed by atoms with Gasteiger partial charge in [0.05, 0.1) is 12.6 Å². The van der Waals surface area contributed by atoms with Gasteiger partial charge in [0.25, 0.3) is 0 Å². The molecule has 0 aliphatic heterocycles. The fraction of sp³-hybridized carbons (Fsp3) is 0.333. The Morgan fingerprint density at radius 2 is 1.95 bits per heavy atom. The Labute approximate surface area is 126 Å². The Morgan fingerprint density at radius 3 is 2.67 bits per heavy atom. The number of aryl methyl sites for hydroxylation is 1. The minimum atomic E-state index is 0.143. The molecule has 3 nitrogen and oxygen atoms in total. The highest BCUT2D eigenvalue weighted by Gasteiger charge is 2.29. The van der Waals surface area contributed by atoms with Crippen molar-refractivity contribution in [3.63, 3.8) is 0 Å². The predicted octanol–water partition coefficient (Wildman–Crippen LogP) is 3.32. The fourth-order valence-corrected chi connectivity index (χ4v) is 3.32. The molecule has 0 fully saturated rings. The van der Waals surface area contributed by atoms with Crippen molar-refractivity contribution in [3.8, 4) is 5.75 Å². The number of ether oxygens (including phenoxy) is 1. The molecule has 2 unspecified atom stereocenters. The SMILES string of the molecule is CCOc1ccc(C(NN)C2CCc3ccccc32)cc1. The summed E-state index contributed by atoms with van der Waals surface area (Å²) in [5.74, 6) is 7.20. The van der Waals surface area contributed by atoms with Crippen LogP contribution in [0.2, 0.25) is 0 Å². The van der Waals surface area contributed by atoms with Crippen molar-refractivity contribution in [2.24, 2.45) is 5.84 Å². The second-order valence-electron chi connectivity index (χ2n) is 5.49. The zero-order valence-electron chi connectivity index (χ0n) is 12.4. The van der Waals surface area contributed by atoms with Gasteiger partial charge in [-0.15, -0.1) is 0 Å². The van der Waals surface area contributed by atoms with Crippen LogP contribution in [0.4, 0.5) is 0 Å². The predicted molar refractivity (Wildman–Crippen MR) is 85.2 cm³/mol. The average molecular weight is 282 g/mol. The van der Waals surface area contributed by atoms with Gasteiger partial charge in [-0.25, -0.2) is 0 Å². The third-order valence-corrected chi connectivity index (χ3v) is 4.31. The molecule has 0 aromatic heterocycles. The summed E-state index contributed by atoms with van der Waals surface area (Å²) in [5.41, 5.74) is 7.10. The van der Waals surface area contributed by atoms with E-state index < -0.39 is 0 Å². The van der Waals surface area contributed by atoms with Crippen LogP contribution in [0.5, 0.6) is 5.75 Å². The van der Waals surface area contributed by atoms with Crippen LogP contribution in [0.3, 0.4) is 0 Å². The minimum Gasteiger partial charge on any atom is -0.494 e. The summed E-state index contributed by atoms with van der Waals surface area (Å²) in [5, 5.41) is 0. The maximum Gasteiger partial charge on any atom is 0.119 e. The summed E-state index contributed by atoms with van der Waals surface area (Å²) in [4.78, 5) is 0. The number of hydrogen-bond donors (Lipinski definition) is 2. The van der Waals surface area contributed by atoms with Crippen molar-refractivity contribution < 1.29 is 4.74 Å². The lowest BCUT2D eigenvalue weighted by Gasteiger charge is -2.24. The van der Waals surface area contributed by atoms with E-state index >= 15 is 0 Å². The second-order valence-corrected chi connectivity index (χ2v) is 5.49. The molecule has 1 aliphatic rings. The normalized spacial score (nSPS) is 18.3. The first kappa shape index (κ1) is 14.1. The Bertz CT molecular complexity index is 594. The molecule has 2 atom stereocenters. The quantitative estimate of drug-likeness (QED) is 0.653. The molecule has 110 valence electrons. The Balaban J connectivity index is 1.85. The van der Waals surface area contributed by atoms with E-state index in [1.807, 2.05) is 19.1 Å². The van der Waals surface area contributed by atoms with Crippen molar-refractivity contribution in [1.29, 1.82) is 0 Å². The minimum absolute atomic E-state index is 0.143. The van der Waals surface area contributed by atoms with Crippen molar-refractivity contribution in [1.82, 2.24) is 5.43 Å². The molecule has 2 aromatic rings. The van der Waals surface area contributed by atoms with Crippen LogP contribution in [-0.4, -0.2) is 6.61 Å². The number of fused-ring (bicyclic) bond motifs is 1. The molecular weight excluding hydrogens is 260 g/mol. The topological polar surface area (TPSA) is 47.3 Å². The Morgan fingerprint density at radius 1 is 1.19 bits per heavy atom. The summed E-state index contributed by atoms with van der Waals surface area (Å²) in [6, 6.07) is 17.1. The number of rotatable bonds is 5. The van der Waals surface area contributed by atoms with E-state index in [4.69, 9.17) is 10.6 Å². The highest BCUT2D eigenvalue weighted by molar-refractivity contribution is 5.39. The van der Waals surface area contributed by atoms with Gasteiger partial charge in [0, 0.05) is 5.92 Å². The zero-order chi connectivity index (χ0) is 14.7. The van der Waals surface area contributed by atoms with Crippen LogP contribution in [0.25, 0.3) is 0 Å². The Kier molecular flexibility index (Phi) is 4.23. The fourth-order valence-electron chi connectivity index (χ4n) is 3.32. The molecule has 2 aromatic carbocycles. The van der Waals surface area contributed by atoms with Gasteiger partial charge in [0.2, 0.25) is 0 Å². The van der Waals surface area contributed by atoms with E-state index in [1.54, 1.807) is 0 Å². The van der Waals surface area contributed by atoms with Crippen LogP contribution in [0.15, 0.2) is 48.5 Å². The third-order valence-electron chi connectivity index (χ3n) is 4.31. The van der Waals surface area contributed by atoms with Crippen LogP contribution in [0, 0.1) is 0 Å². The first-order valence-corrected chi connectivity index (χ1v) is 7.60. The molecular formula is C18H22N2O.